The van der Waals surface area contributed by atoms with Gasteiger partial charge in [0.1, 0.15) is 0 Å². The van der Waals surface area contributed by atoms with Crippen LogP contribution in [0.15, 0.2) is 4.99 Å². The lowest BCUT2D eigenvalue weighted by molar-refractivity contribution is -0.0338. The van der Waals surface area contributed by atoms with Crippen LogP contribution in [0.25, 0.3) is 0 Å². The minimum atomic E-state index is 0.391. The van der Waals surface area contributed by atoms with Crippen LogP contribution in [0.2, 0.25) is 0 Å². The first-order valence-corrected chi connectivity index (χ1v) is 10.4. The molecular weight excluding hydrogens is 282 g/mol. The molecule has 4 fully saturated rings. The zero-order chi connectivity index (χ0) is 15.3. The highest BCUT2D eigenvalue weighted by molar-refractivity contribution is 5.94. The summed E-state index contributed by atoms with van der Waals surface area (Å²) in [4.78, 5) is 8.11. The number of piperidine rings is 3. The first-order valence-electron chi connectivity index (χ1n) is 10.4. The summed E-state index contributed by atoms with van der Waals surface area (Å²) in [5.74, 6) is 1.78. The zero-order valence-electron chi connectivity index (χ0n) is 14.6. The highest BCUT2D eigenvalue weighted by atomic mass is 15.2. The van der Waals surface area contributed by atoms with Gasteiger partial charge in [0.15, 0.2) is 0 Å². The van der Waals surface area contributed by atoms with Gasteiger partial charge in [0.25, 0.3) is 0 Å². The molecule has 5 aliphatic rings. The molecule has 3 heteroatoms. The molecule has 3 saturated heterocycles. The van der Waals surface area contributed by atoms with Gasteiger partial charge < -0.3 is 5.32 Å². The van der Waals surface area contributed by atoms with Crippen molar-refractivity contribution in [2.45, 2.75) is 76.3 Å². The second-order valence-electron chi connectivity index (χ2n) is 9.00. The van der Waals surface area contributed by atoms with Crippen molar-refractivity contribution in [1.29, 1.82) is 0 Å². The largest absolute Gasteiger partial charge is 0.313 e. The van der Waals surface area contributed by atoms with E-state index in [9.17, 15) is 0 Å². The van der Waals surface area contributed by atoms with E-state index in [1.54, 1.807) is 5.71 Å². The molecule has 4 aliphatic heterocycles. The summed E-state index contributed by atoms with van der Waals surface area (Å²) >= 11 is 0. The lowest BCUT2D eigenvalue weighted by Gasteiger charge is -2.61. The zero-order valence-corrected chi connectivity index (χ0v) is 14.6. The maximum absolute atomic E-state index is 5.21. The molecule has 0 radical (unpaired) electrons. The summed E-state index contributed by atoms with van der Waals surface area (Å²) in [5, 5.41) is 3.96. The SMILES string of the molecule is C1CCC(C23CC(CC4CCCN=C42)C2CCCCN2C3)NC1. The molecule has 2 bridgehead atoms. The highest BCUT2D eigenvalue weighted by Crippen LogP contribution is 2.53. The third-order valence-electron chi connectivity index (χ3n) is 7.77. The van der Waals surface area contributed by atoms with Gasteiger partial charge in [0.2, 0.25) is 0 Å². The van der Waals surface area contributed by atoms with Gasteiger partial charge in [-0.1, -0.05) is 12.8 Å². The molecule has 5 atom stereocenters. The Morgan fingerprint density at radius 1 is 1.04 bits per heavy atom. The molecular formula is C20H33N3. The van der Waals surface area contributed by atoms with Gasteiger partial charge in [-0.3, -0.25) is 9.89 Å². The highest BCUT2D eigenvalue weighted by Gasteiger charge is 2.57. The van der Waals surface area contributed by atoms with E-state index >= 15 is 0 Å². The summed E-state index contributed by atoms with van der Waals surface area (Å²) in [5.41, 5.74) is 2.06. The van der Waals surface area contributed by atoms with Crippen LogP contribution in [-0.2, 0) is 0 Å². The Morgan fingerprint density at radius 2 is 2.00 bits per heavy atom. The smallest absolute Gasteiger partial charge is 0.0389 e. The Kier molecular flexibility index (Phi) is 3.78. The fourth-order valence-corrected chi connectivity index (χ4v) is 6.92. The van der Waals surface area contributed by atoms with Crippen molar-refractivity contribution in [3.63, 3.8) is 0 Å². The average molecular weight is 316 g/mol. The van der Waals surface area contributed by atoms with Gasteiger partial charge in [-0.25, -0.2) is 0 Å². The number of fused-ring (bicyclic) bond motifs is 6. The average Bonchev–Trinajstić information content (AvgIpc) is 2.63. The van der Waals surface area contributed by atoms with E-state index in [4.69, 9.17) is 4.99 Å². The predicted octanol–water partition coefficient (Wildman–Crippen LogP) is 3.24. The standard InChI is InChI=1S/C20H33N3/c1-3-9-21-18(8-1)20-13-16(12-15-6-5-10-22-19(15)20)17-7-2-4-11-23(17)14-20/h15-18,21H,1-14H2. The predicted molar refractivity (Wildman–Crippen MR) is 95.0 cm³/mol. The maximum atomic E-state index is 5.21. The Bertz CT molecular complexity index is 481. The van der Waals surface area contributed by atoms with Crippen LogP contribution in [0.4, 0.5) is 0 Å². The van der Waals surface area contributed by atoms with Crippen LogP contribution in [0.5, 0.6) is 0 Å². The molecule has 3 nitrogen and oxygen atoms in total. The molecule has 1 N–H and O–H groups in total. The van der Waals surface area contributed by atoms with Gasteiger partial charge in [0.05, 0.1) is 0 Å². The molecule has 5 rings (SSSR count). The fourth-order valence-electron chi connectivity index (χ4n) is 6.92. The molecule has 1 saturated carbocycles. The quantitative estimate of drug-likeness (QED) is 0.804. The Morgan fingerprint density at radius 3 is 2.91 bits per heavy atom. The molecule has 0 aromatic heterocycles. The lowest BCUT2D eigenvalue weighted by atomic mass is 9.54. The Hall–Kier alpha value is -0.410. The van der Waals surface area contributed by atoms with Crippen LogP contribution in [0.1, 0.15) is 64.2 Å². The minimum absolute atomic E-state index is 0.391. The molecule has 0 aromatic carbocycles. The van der Waals surface area contributed by atoms with Gasteiger partial charge in [-0.15, -0.1) is 0 Å². The summed E-state index contributed by atoms with van der Waals surface area (Å²) in [6, 6.07) is 1.62. The van der Waals surface area contributed by atoms with Crippen molar-refractivity contribution in [3.8, 4) is 0 Å². The summed E-state index contributed by atoms with van der Waals surface area (Å²) in [7, 11) is 0. The molecule has 5 unspecified atom stereocenters. The van der Waals surface area contributed by atoms with Crippen LogP contribution in [-0.4, -0.2) is 48.9 Å². The van der Waals surface area contributed by atoms with Gasteiger partial charge >= 0.3 is 0 Å². The van der Waals surface area contributed by atoms with Crippen molar-refractivity contribution in [1.82, 2.24) is 10.2 Å². The first-order chi connectivity index (χ1) is 11.4. The molecule has 4 heterocycles. The number of rotatable bonds is 1. The minimum Gasteiger partial charge on any atom is -0.313 e. The number of aliphatic imine (C=N–C) groups is 1. The summed E-state index contributed by atoms with van der Waals surface area (Å²) < 4.78 is 0. The number of hydrogen-bond donors (Lipinski definition) is 1. The molecule has 0 aromatic rings. The van der Waals surface area contributed by atoms with E-state index in [0.717, 1.165) is 24.4 Å². The summed E-state index contributed by atoms with van der Waals surface area (Å²) in [6.45, 7) is 5.02. The molecule has 1 aliphatic carbocycles. The molecule has 0 spiro atoms. The molecule has 0 amide bonds. The summed E-state index contributed by atoms with van der Waals surface area (Å²) in [6.07, 6.45) is 14.2. The van der Waals surface area contributed by atoms with Crippen molar-refractivity contribution in [3.05, 3.63) is 0 Å². The van der Waals surface area contributed by atoms with E-state index in [-0.39, 0.29) is 0 Å². The van der Waals surface area contributed by atoms with Crippen molar-refractivity contribution in [2.75, 3.05) is 26.2 Å². The molecule has 128 valence electrons. The third kappa shape index (κ3) is 2.33. The van der Waals surface area contributed by atoms with Gasteiger partial charge in [0, 0.05) is 36.3 Å². The van der Waals surface area contributed by atoms with Crippen LogP contribution >= 0.6 is 0 Å². The normalized spacial score (nSPS) is 47.4. The van der Waals surface area contributed by atoms with Gasteiger partial charge in [-0.05, 0) is 76.3 Å². The first kappa shape index (κ1) is 14.9. The monoisotopic (exact) mass is 315 g/mol. The van der Waals surface area contributed by atoms with E-state index < -0.39 is 0 Å². The number of nitrogens with one attached hydrogen (secondary N) is 1. The number of nitrogens with zero attached hydrogens (tertiary/aromatic N) is 2. The molecule has 23 heavy (non-hydrogen) atoms. The topological polar surface area (TPSA) is 27.6 Å². The van der Waals surface area contributed by atoms with Crippen molar-refractivity contribution in [2.24, 2.45) is 22.2 Å². The van der Waals surface area contributed by atoms with Crippen LogP contribution in [0.3, 0.4) is 0 Å². The Labute approximate surface area is 141 Å². The third-order valence-corrected chi connectivity index (χ3v) is 7.77. The van der Waals surface area contributed by atoms with E-state index in [0.29, 0.717) is 11.5 Å². The van der Waals surface area contributed by atoms with Crippen molar-refractivity contribution < 1.29 is 0 Å². The lowest BCUT2D eigenvalue weighted by Crippen LogP contribution is -2.68. The van der Waals surface area contributed by atoms with E-state index in [1.165, 1.54) is 83.8 Å². The van der Waals surface area contributed by atoms with E-state index in [2.05, 4.69) is 10.2 Å². The van der Waals surface area contributed by atoms with Gasteiger partial charge in [-0.2, -0.15) is 0 Å². The maximum Gasteiger partial charge on any atom is 0.0389 e. The second-order valence-corrected chi connectivity index (χ2v) is 9.00. The fraction of sp³-hybridized carbons (Fsp3) is 0.950. The van der Waals surface area contributed by atoms with Crippen LogP contribution in [0, 0.1) is 17.3 Å². The van der Waals surface area contributed by atoms with Crippen molar-refractivity contribution >= 4 is 5.71 Å². The van der Waals surface area contributed by atoms with Crippen LogP contribution < -0.4 is 5.32 Å². The van der Waals surface area contributed by atoms with E-state index in [1.807, 2.05) is 0 Å². The second kappa shape index (κ2) is 5.84. The number of hydrogen-bond acceptors (Lipinski definition) is 3. The Balaban J connectivity index is 1.54.